The van der Waals surface area contributed by atoms with Crippen molar-refractivity contribution in [1.29, 1.82) is 0 Å². The quantitative estimate of drug-likeness (QED) is 0.783. The minimum absolute atomic E-state index is 0.161. The Kier molecular flexibility index (Phi) is 6.28. The molecule has 0 aliphatic carbocycles. The Hall–Kier alpha value is -1.52. The fraction of sp³-hybridized carbons (Fsp3) is 0.333. The van der Waals surface area contributed by atoms with E-state index in [1.165, 1.54) is 0 Å². The lowest BCUT2D eigenvalue weighted by Crippen LogP contribution is -2.15. The molecule has 0 amide bonds. The molecule has 0 spiro atoms. The van der Waals surface area contributed by atoms with Gasteiger partial charge in [-0.3, -0.25) is 0 Å². The molecule has 0 heterocycles. The zero-order valence-electron chi connectivity index (χ0n) is 13.2. The summed E-state index contributed by atoms with van der Waals surface area (Å²) in [7, 11) is 1.70. The number of methoxy groups -OCH3 is 1. The first-order valence-corrected chi connectivity index (χ1v) is 8.17. The molecule has 0 fully saturated rings. The molecular weight excluding hydrogens is 342 g/mol. The predicted octanol–water partition coefficient (Wildman–Crippen LogP) is 4.53. The Balaban J connectivity index is 2.03. The van der Waals surface area contributed by atoms with E-state index in [9.17, 15) is 0 Å². The Morgan fingerprint density at radius 3 is 2.45 bits per heavy atom. The molecule has 0 saturated heterocycles. The lowest BCUT2D eigenvalue weighted by molar-refractivity contribution is 0.239. The van der Waals surface area contributed by atoms with Crippen molar-refractivity contribution in [2.45, 2.75) is 33.0 Å². The van der Waals surface area contributed by atoms with Crippen LogP contribution < -0.4 is 14.8 Å². The van der Waals surface area contributed by atoms with Crippen LogP contribution in [0.2, 0.25) is 0 Å². The number of ether oxygens (including phenoxy) is 2. The molecule has 4 heteroatoms. The fourth-order valence-corrected chi connectivity index (χ4v) is 2.64. The van der Waals surface area contributed by atoms with Gasteiger partial charge in [-0.1, -0.05) is 34.1 Å². The molecule has 0 saturated carbocycles. The summed E-state index contributed by atoms with van der Waals surface area (Å²) in [4.78, 5) is 0. The Bertz CT molecular complexity index is 614. The number of hydrogen-bond donors (Lipinski definition) is 1. The van der Waals surface area contributed by atoms with E-state index in [2.05, 4.69) is 33.4 Å². The molecule has 0 unspecified atom stereocenters. The van der Waals surface area contributed by atoms with Gasteiger partial charge >= 0.3 is 0 Å². The topological polar surface area (TPSA) is 30.5 Å². The highest BCUT2D eigenvalue weighted by molar-refractivity contribution is 9.10. The van der Waals surface area contributed by atoms with Crippen molar-refractivity contribution in [2.24, 2.45) is 0 Å². The van der Waals surface area contributed by atoms with Crippen molar-refractivity contribution >= 4 is 15.9 Å². The molecule has 1 N–H and O–H groups in total. The number of rotatable bonds is 7. The molecule has 0 aliphatic rings. The lowest BCUT2D eigenvalue weighted by Gasteiger charge is -2.15. The molecule has 0 aliphatic heterocycles. The maximum atomic E-state index is 5.86. The van der Waals surface area contributed by atoms with E-state index in [0.29, 0.717) is 0 Å². The smallest absolute Gasteiger partial charge is 0.124 e. The minimum atomic E-state index is 0.161. The van der Waals surface area contributed by atoms with Crippen LogP contribution in [-0.4, -0.2) is 13.2 Å². The van der Waals surface area contributed by atoms with Gasteiger partial charge in [0, 0.05) is 28.7 Å². The molecule has 0 aromatic heterocycles. The number of benzene rings is 2. The van der Waals surface area contributed by atoms with Crippen molar-refractivity contribution in [3.8, 4) is 11.5 Å². The van der Waals surface area contributed by atoms with Crippen LogP contribution in [0.15, 0.2) is 46.9 Å². The zero-order valence-corrected chi connectivity index (χ0v) is 14.8. The van der Waals surface area contributed by atoms with Crippen molar-refractivity contribution in [3.63, 3.8) is 0 Å². The largest absolute Gasteiger partial charge is 0.496 e. The monoisotopic (exact) mass is 363 g/mol. The molecule has 22 heavy (non-hydrogen) atoms. The van der Waals surface area contributed by atoms with E-state index < -0.39 is 0 Å². The van der Waals surface area contributed by atoms with Gasteiger partial charge in [-0.05, 0) is 38.1 Å². The van der Waals surface area contributed by atoms with Gasteiger partial charge in [0.25, 0.3) is 0 Å². The summed E-state index contributed by atoms with van der Waals surface area (Å²) in [5, 5.41) is 3.45. The average molecular weight is 364 g/mol. The normalized spacial score (nSPS) is 10.8. The van der Waals surface area contributed by atoms with Gasteiger partial charge < -0.3 is 14.8 Å². The van der Waals surface area contributed by atoms with Crippen LogP contribution in [0, 0.1) is 0 Å². The van der Waals surface area contributed by atoms with Crippen LogP contribution in [0.5, 0.6) is 11.5 Å². The fourth-order valence-electron chi connectivity index (χ4n) is 2.24. The van der Waals surface area contributed by atoms with Crippen LogP contribution in [0.1, 0.15) is 25.0 Å². The summed E-state index contributed by atoms with van der Waals surface area (Å²) in [5.41, 5.74) is 2.28. The maximum absolute atomic E-state index is 5.86. The Morgan fingerprint density at radius 1 is 1.00 bits per heavy atom. The number of para-hydroxylation sites is 1. The van der Waals surface area contributed by atoms with Gasteiger partial charge in [-0.25, -0.2) is 0 Å². The summed E-state index contributed by atoms with van der Waals surface area (Å²) in [6.07, 6.45) is 0.161. The van der Waals surface area contributed by atoms with Gasteiger partial charge in [0.2, 0.25) is 0 Å². The van der Waals surface area contributed by atoms with Crippen LogP contribution in [-0.2, 0) is 13.1 Å². The van der Waals surface area contributed by atoms with Crippen molar-refractivity contribution in [3.05, 3.63) is 58.1 Å². The van der Waals surface area contributed by atoms with Crippen molar-refractivity contribution in [1.82, 2.24) is 5.32 Å². The minimum Gasteiger partial charge on any atom is -0.496 e. The van der Waals surface area contributed by atoms with Gasteiger partial charge in [0.15, 0.2) is 0 Å². The second-order valence-corrected chi connectivity index (χ2v) is 6.25. The van der Waals surface area contributed by atoms with E-state index in [1.54, 1.807) is 7.11 Å². The lowest BCUT2D eigenvalue weighted by atomic mass is 10.1. The standard InChI is InChI=1S/C18H22BrNO2/c1-13(2)22-18-9-8-16(19)10-15(18)12-20-11-14-6-4-5-7-17(14)21-3/h4-10,13,20H,11-12H2,1-3H3. The van der Waals surface area contributed by atoms with Crippen LogP contribution in [0.4, 0.5) is 0 Å². The average Bonchev–Trinajstić information content (AvgIpc) is 2.50. The molecule has 2 aromatic rings. The van der Waals surface area contributed by atoms with Gasteiger partial charge in [0.1, 0.15) is 11.5 Å². The van der Waals surface area contributed by atoms with Crippen LogP contribution in [0.25, 0.3) is 0 Å². The highest BCUT2D eigenvalue weighted by Crippen LogP contribution is 2.24. The first-order chi connectivity index (χ1) is 10.6. The van der Waals surface area contributed by atoms with Crippen molar-refractivity contribution < 1.29 is 9.47 Å². The van der Waals surface area contributed by atoms with Gasteiger partial charge in [-0.15, -0.1) is 0 Å². The Morgan fingerprint density at radius 2 is 1.73 bits per heavy atom. The zero-order chi connectivity index (χ0) is 15.9. The second-order valence-electron chi connectivity index (χ2n) is 5.33. The van der Waals surface area contributed by atoms with Gasteiger partial charge in [0.05, 0.1) is 13.2 Å². The predicted molar refractivity (Wildman–Crippen MR) is 93.4 cm³/mol. The second kappa shape index (κ2) is 8.20. The number of nitrogens with one attached hydrogen (secondary N) is 1. The van der Waals surface area contributed by atoms with Crippen LogP contribution >= 0.6 is 15.9 Å². The maximum Gasteiger partial charge on any atom is 0.124 e. The third-order valence-electron chi connectivity index (χ3n) is 3.21. The first-order valence-electron chi connectivity index (χ1n) is 7.38. The van der Waals surface area contributed by atoms with E-state index >= 15 is 0 Å². The molecule has 0 bridgehead atoms. The molecule has 3 nitrogen and oxygen atoms in total. The summed E-state index contributed by atoms with van der Waals surface area (Å²) >= 11 is 3.52. The molecule has 2 rings (SSSR count). The third kappa shape index (κ3) is 4.75. The van der Waals surface area contributed by atoms with Gasteiger partial charge in [-0.2, -0.15) is 0 Å². The molecule has 0 radical (unpaired) electrons. The van der Waals surface area contributed by atoms with E-state index in [1.807, 2.05) is 44.2 Å². The highest BCUT2D eigenvalue weighted by Gasteiger charge is 2.07. The Labute approximate surface area is 140 Å². The first kappa shape index (κ1) is 16.8. The third-order valence-corrected chi connectivity index (χ3v) is 3.70. The van der Waals surface area contributed by atoms with Crippen LogP contribution in [0.3, 0.4) is 0 Å². The summed E-state index contributed by atoms with van der Waals surface area (Å²) in [6.45, 7) is 5.55. The van der Waals surface area contributed by atoms with E-state index in [4.69, 9.17) is 9.47 Å². The number of hydrogen-bond acceptors (Lipinski definition) is 3. The number of halogens is 1. The summed E-state index contributed by atoms with van der Waals surface area (Å²) < 4.78 is 12.3. The molecular formula is C18H22BrNO2. The molecule has 118 valence electrons. The summed E-state index contributed by atoms with van der Waals surface area (Å²) in [5.74, 6) is 1.83. The SMILES string of the molecule is COc1ccccc1CNCc1cc(Br)ccc1OC(C)C. The highest BCUT2D eigenvalue weighted by atomic mass is 79.9. The van der Waals surface area contributed by atoms with E-state index in [0.717, 1.165) is 40.2 Å². The van der Waals surface area contributed by atoms with E-state index in [-0.39, 0.29) is 6.10 Å². The summed E-state index contributed by atoms with van der Waals surface area (Å²) in [6, 6.07) is 14.1. The molecule has 0 atom stereocenters. The van der Waals surface area contributed by atoms with Crippen molar-refractivity contribution in [2.75, 3.05) is 7.11 Å². The molecule has 2 aromatic carbocycles.